The molecule has 0 unspecified atom stereocenters. The van der Waals surface area contributed by atoms with Crippen LogP contribution in [0.4, 0.5) is 11.4 Å². The number of nitrogens with zero attached hydrogens (tertiary/aromatic N) is 5. The van der Waals surface area contributed by atoms with Crippen molar-refractivity contribution in [3.63, 3.8) is 0 Å². The largest absolute Gasteiger partial charge is 0.323 e. The van der Waals surface area contributed by atoms with E-state index < -0.39 is 4.92 Å². The third kappa shape index (κ3) is 4.75. The zero-order chi connectivity index (χ0) is 21.1. The lowest BCUT2D eigenvalue weighted by atomic mass is 10.2. The van der Waals surface area contributed by atoms with Crippen molar-refractivity contribution in [2.24, 2.45) is 0 Å². The average molecular weight is 437 g/mol. The predicted molar refractivity (Wildman–Crippen MR) is 109 cm³/mol. The Balaban J connectivity index is 1.68. The molecule has 1 amide bonds. The van der Waals surface area contributed by atoms with Crippen molar-refractivity contribution in [3.05, 3.63) is 67.7 Å². The van der Waals surface area contributed by atoms with E-state index in [0.29, 0.717) is 28.0 Å². The van der Waals surface area contributed by atoms with Crippen LogP contribution < -0.4 is 5.32 Å². The Morgan fingerprint density at radius 1 is 1.28 bits per heavy atom. The molecular weight excluding hydrogens is 419 g/mol. The molecule has 11 heteroatoms. The molecule has 0 saturated carbocycles. The first-order valence-corrected chi connectivity index (χ1v) is 9.45. The molecule has 3 rings (SSSR count). The highest BCUT2D eigenvalue weighted by Gasteiger charge is 2.17. The van der Waals surface area contributed by atoms with Gasteiger partial charge in [-0.05, 0) is 26.0 Å². The molecule has 9 nitrogen and oxygen atoms in total. The van der Waals surface area contributed by atoms with Crippen LogP contribution in [0.15, 0.2) is 30.6 Å². The molecule has 0 bridgehead atoms. The van der Waals surface area contributed by atoms with Crippen LogP contribution >= 0.6 is 23.2 Å². The van der Waals surface area contributed by atoms with E-state index in [-0.39, 0.29) is 24.6 Å². The summed E-state index contributed by atoms with van der Waals surface area (Å²) >= 11 is 12.5. The summed E-state index contributed by atoms with van der Waals surface area (Å²) in [5.74, 6) is -0.246. The van der Waals surface area contributed by atoms with Crippen LogP contribution in [-0.4, -0.2) is 30.4 Å². The second kappa shape index (κ2) is 8.62. The molecule has 1 N–H and O–H groups in total. The number of aromatic nitrogens is 4. The van der Waals surface area contributed by atoms with Crippen molar-refractivity contribution in [2.45, 2.75) is 33.4 Å². The molecule has 0 aliphatic rings. The molecule has 0 radical (unpaired) electrons. The van der Waals surface area contributed by atoms with Gasteiger partial charge in [-0.3, -0.25) is 24.3 Å². The molecule has 0 spiro atoms. The van der Waals surface area contributed by atoms with Crippen molar-refractivity contribution in [2.75, 3.05) is 5.32 Å². The number of carbonyl (C=O) groups is 1. The second-order valence-electron chi connectivity index (χ2n) is 6.42. The van der Waals surface area contributed by atoms with Crippen molar-refractivity contribution in [3.8, 4) is 0 Å². The summed E-state index contributed by atoms with van der Waals surface area (Å²) < 4.78 is 3.09. The lowest BCUT2D eigenvalue weighted by Crippen LogP contribution is -2.16. The number of benzene rings is 1. The number of hydrogen-bond donors (Lipinski definition) is 1. The summed E-state index contributed by atoms with van der Waals surface area (Å²) in [7, 11) is 0. The molecule has 152 valence electrons. The number of rotatable bonds is 7. The Hall–Kier alpha value is -2.91. The summed E-state index contributed by atoms with van der Waals surface area (Å²) in [6.07, 6.45) is 2.55. The van der Waals surface area contributed by atoms with E-state index in [4.69, 9.17) is 23.2 Å². The van der Waals surface area contributed by atoms with Crippen LogP contribution in [0.1, 0.15) is 23.4 Å². The quantitative estimate of drug-likeness (QED) is 0.444. The monoisotopic (exact) mass is 436 g/mol. The molecule has 0 aliphatic heterocycles. The van der Waals surface area contributed by atoms with Gasteiger partial charge in [0, 0.05) is 28.6 Å². The first-order valence-electron chi connectivity index (χ1n) is 8.70. The van der Waals surface area contributed by atoms with Gasteiger partial charge < -0.3 is 5.32 Å². The maximum Gasteiger partial charge on any atom is 0.306 e. The Labute approximate surface area is 176 Å². The number of anilines is 1. The van der Waals surface area contributed by atoms with E-state index in [0.717, 1.165) is 17.5 Å². The van der Waals surface area contributed by atoms with E-state index in [1.165, 1.54) is 10.9 Å². The Morgan fingerprint density at radius 3 is 2.59 bits per heavy atom. The molecule has 0 atom stereocenters. The SMILES string of the molecule is Cc1nn(Cc2c(Cl)cccc2Cl)c(C)c1NC(=O)CCn1cc([N+](=O)[O-])cn1. The molecule has 0 fully saturated rings. The molecule has 2 aromatic heterocycles. The summed E-state index contributed by atoms with van der Waals surface area (Å²) in [5, 5.41) is 23.0. The summed E-state index contributed by atoms with van der Waals surface area (Å²) in [5.41, 5.74) is 2.68. The van der Waals surface area contributed by atoms with Gasteiger partial charge in [0.1, 0.15) is 12.4 Å². The van der Waals surface area contributed by atoms with Crippen molar-refractivity contribution >= 4 is 40.5 Å². The number of halogens is 2. The fourth-order valence-corrected chi connectivity index (χ4v) is 3.37. The van der Waals surface area contributed by atoms with Crippen molar-refractivity contribution in [1.29, 1.82) is 0 Å². The Bertz CT molecular complexity index is 1060. The van der Waals surface area contributed by atoms with Gasteiger partial charge in [0.2, 0.25) is 5.91 Å². The maximum absolute atomic E-state index is 12.3. The first-order chi connectivity index (χ1) is 13.8. The third-order valence-corrected chi connectivity index (χ3v) is 5.12. The molecular formula is C18H18Cl2N6O3. The number of aryl methyl sites for hydroxylation is 2. The van der Waals surface area contributed by atoms with Gasteiger partial charge in [-0.1, -0.05) is 29.3 Å². The van der Waals surface area contributed by atoms with E-state index in [1.54, 1.807) is 29.8 Å². The predicted octanol–water partition coefficient (Wildman–Crippen LogP) is 3.99. The van der Waals surface area contributed by atoms with Gasteiger partial charge in [-0.2, -0.15) is 10.2 Å². The van der Waals surface area contributed by atoms with Crippen molar-refractivity contribution in [1.82, 2.24) is 19.6 Å². The Kier molecular flexibility index (Phi) is 6.19. The van der Waals surface area contributed by atoms with Gasteiger partial charge >= 0.3 is 5.69 Å². The van der Waals surface area contributed by atoms with Crippen LogP contribution in [0.2, 0.25) is 10.0 Å². The van der Waals surface area contributed by atoms with E-state index in [9.17, 15) is 14.9 Å². The van der Waals surface area contributed by atoms with Crippen LogP contribution in [-0.2, 0) is 17.9 Å². The van der Waals surface area contributed by atoms with E-state index >= 15 is 0 Å². The van der Waals surface area contributed by atoms with Crippen molar-refractivity contribution < 1.29 is 9.72 Å². The molecule has 29 heavy (non-hydrogen) atoms. The summed E-state index contributed by atoms with van der Waals surface area (Å²) in [6, 6.07) is 5.29. The second-order valence-corrected chi connectivity index (χ2v) is 7.23. The van der Waals surface area contributed by atoms with Gasteiger partial charge in [0.25, 0.3) is 0 Å². The third-order valence-electron chi connectivity index (χ3n) is 4.41. The van der Waals surface area contributed by atoms with Gasteiger partial charge in [0.15, 0.2) is 0 Å². The molecule has 0 aliphatic carbocycles. The zero-order valence-corrected chi connectivity index (χ0v) is 17.2. The highest BCUT2D eigenvalue weighted by atomic mass is 35.5. The normalized spacial score (nSPS) is 10.9. The number of nitrogens with one attached hydrogen (secondary N) is 1. The average Bonchev–Trinajstić information content (AvgIpc) is 3.24. The topological polar surface area (TPSA) is 108 Å². The highest BCUT2D eigenvalue weighted by molar-refractivity contribution is 6.35. The smallest absolute Gasteiger partial charge is 0.306 e. The number of carbonyl (C=O) groups excluding carboxylic acids is 1. The number of amides is 1. The van der Waals surface area contributed by atoms with Crippen LogP contribution in [0.5, 0.6) is 0 Å². The van der Waals surface area contributed by atoms with Crippen LogP contribution in [0.25, 0.3) is 0 Å². The molecule has 0 saturated heterocycles. The number of hydrogen-bond acceptors (Lipinski definition) is 5. The minimum absolute atomic E-state index is 0.110. The van der Waals surface area contributed by atoms with Gasteiger partial charge in [0.05, 0.1) is 28.5 Å². The lowest BCUT2D eigenvalue weighted by molar-refractivity contribution is -0.385. The van der Waals surface area contributed by atoms with E-state index in [1.807, 2.05) is 6.92 Å². The number of nitro groups is 1. The molecule has 1 aromatic carbocycles. The minimum atomic E-state index is -0.532. The fourth-order valence-electron chi connectivity index (χ4n) is 2.85. The lowest BCUT2D eigenvalue weighted by Gasteiger charge is -2.10. The van der Waals surface area contributed by atoms with Gasteiger partial charge in [-0.25, -0.2) is 0 Å². The van der Waals surface area contributed by atoms with E-state index in [2.05, 4.69) is 15.5 Å². The first kappa shape index (κ1) is 20.8. The zero-order valence-electron chi connectivity index (χ0n) is 15.7. The Morgan fingerprint density at radius 2 is 1.97 bits per heavy atom. The summed E-state index contributed by atoms with van der Waals surface area (Å²) in [4.78, 5) is 22.5. The van der Waals surface area contributed by atoms with Crippen LogP contribution in [0.3, 0.4) is 0 Å². The summed E-state index contributed by atoms with van der Waals surface area (Å²) in [6.45, 7) is 4.24. The standard InChI is InChI=1S/C18H18Cl2N6O3/c1-11-18(22-17(27)6-7-24-9-13(8-21-24)26(28)29)12(2)25(23-11)10-14-15(19)4-3-5-16(14)20/h3-5,8-9H,6-7,10H2,1-2H3,(H,22,27). The maximum atomic E-state index is 12.3. The van der Waals surface area contributed by atoms with Crippen LogP contribution in [0, 0.1) is 24.0 Å². The van der Waals surface area contributed by atoms with Gasteiger partial charge in [-0.15, -0.1) is 0 Å². The minimum Gasteiger partial charge on any atom is -0.323 e. The molecule has 2 heterocycles. The highest BCUT2D eigenvalue weighted by Crippen LogP contribution is 2.27. The fraction of sp³-hybridized carbons (Fsp3) is 0.278. The molecule has 3 aromatic rings.